The summed E-state index contributed by atoms with van der Waals surface area (Å²) >= 11 is 0. The van der Waals surface area contributed by atoms with E-state index >= 15 is 0 Å². The van der Waals surface area contributed by atoms with Crippen LogP contribution in [0.2, 0.25) is 0 Å². The minimum Gasteiger partial charge on any atom is -0.507 e. The first-order chi connectivity index (χ1) is 11.0. The molecule has 2 N–H and O–H groups in total. The molecule has 0 spiro atoms. The number of benzene rings is 2. The number of carbonyl (C=O) groups excluding carboxylic acids is 1. The number of ether oxygens (including phenoxy) is 1. The fourth-order valence-corrected chi connectivity index (χ4v) is 2.99. The molecule has 0 aliphatic heterocycles. The van der Waals surface area contributed by atoms with Crippen molar-refractivity contribution >= 4 is 5.78 Å². The third-order valence-electron chi connectivity index (χ3n) is 4.16. The number of phenolic OH excluding ortho intramolecular Hbond substituents is 2. The number of hydrogen-bond acceptors (Lipinski definition) is 5. The Kier molecular flexibility index (Phi) is 3.74. The van der Waals surface area contributed by atoms with Gasteiger partial charge >= 0.3 is 0 Å². The molecule has 0 amide bonds. The van der Waals surface area contributed by atoms with Gasteiger partial charge in [-0.2, -0.15) is 0 Å². The Labute approximate surface area is 134 Å². The van der Waals surface area contributed by atoms with E-state index in [1.807, 2.05) is 19.0 Å². The lowest BCUT2D eigenvalue weighted by Gasteiger charge is -2.15. The SMILES string of the molecule is COc1cc(CCN(C)C)c(O)c2c1C(=O)c1cccc(O)c1-2. The number of ketones is 1. The molecule has 2 aromatic carbocycles. The van der Waals surface area contributed by atoms with E-state index in [0.29, 0.717) is 40.0 Å². The van der Waals surface area contributed by atoms with Crippen molar-refractivity contribution in [3.8, 4) is 28.4 Å². The first-order valence-corrected chi connectivity index (χ1v) is 7.40. The molecule has 3 rings (SSSR count). The highest BCUT2D eigenvalue weighted by molar-refractivity contribution is 6.25. The number of nitrogens with zero attached hydrogens (tertiary/aromatic N) is 1. The second kappa shape index (κ2) is 5.59. The topological polar surface area (TPSA) is 70.0 Å². The number of fused-ring (bicyclic) bond motifs is 3. The maximum atomic E-state index is 12.6. The molecule has 0 saturated heterocycles. The van der Waals surface area contributed by atoms with Gasteiger partial charge in [0.15, 0.2) is 5.78 Å². The quantitative estimate of drug-likeness (QED) is 0.774. The van der Waals surface area contributed by atoms with Crippen LogP contribution in [0, 0.1) is 0 Å². The fourth-order valence-electron chi connectivity index (χ4n) is 2.99. The predicted molar refractivity (Wildman–Crippen MR) is 87.5 cm³/mol. The summed E-state index contributed by atoms with van der Waals surface area (Å²) in [6.07, 6.45) is 0.611. The van der Waals surface area contributed by atoms with Crippen molar-refractivity contribution in [1.29, 1.82) is 0 Å². The van der Waals surface area contributed by atoms with Crippen LogP contribution in [0.25, 0.3) is 11.1 Å². The van der Waals surface area contributed by atoms with Crippen LogP contribution in [0.1, 0.15) is 21.5 Å². The van der Waals surface area contributed by atoms with E-state index in [9.17, 15) is 15.0 Å². The molecule has 5 nitrogen and oxygen atoms in total. The lowest BCUT2D eigenvalue weighted by Crippen LogP contribution is -2.15. The molecule has 0 aromatic heterocycles. The van der Waals surface area contributed by atoms with Gasteiger partial charge < -0.3 is 19.8 Å². The summed E-state index contributed by atoms with van der Waals surface area (Å²) in [5, 5.41) is 20.9. The molecular weight excluding hydrogens is 294 g/mol. The highest BCUT2D eigenvalue weighted by Gasteiger charge is 2.35. The maximum absolute atomic E-state index is 12.6. The summed E-state index contributed by atoms with van der Waals surface area (Å²) in [4.78, 5) is 14.6. The largest absolute Gasteiger partial charge is 0.507 e. The highest BCUT2D eigenvalue weighted by atomic mass is 16.5. The van der Waals surface area contributed by atoms with Crippen molar-refractivity contribution in [1.82, 2.24) is 4.90 Å². The minimum absolute atomic E-state index is 0.0169. The van der Waals surface area contributed by atoms with Crippen LogP contribution in [0.3, 0.4) is 0 Å². The number of likely N-dealkylation sites (N-methyl/N-ethyl adjacent to an activating group) is 1. The maximum Gasteiger partial charge on any atom is 0.198 e. The van der Waals surface area contributed by atoms with Crippen molar-refractivity contribution in [3.63, 3.8) is 0 Å². The third kappa shape index (κ3) is 2.33. The second-order valence-corrected chi connectivity index (χ2v) is 5.92. The van der Waals surface area contributed by atoms with Gasteiger partial charge in [-0.1, -0.05) is 12.1 Å². The molecule has 2 aromatic rings. The summed E-state index contributed by atoms with van der Waals surface area (Å²) in [5.41, 5.74) is 2.15. The van der Waals surface area contributed by atoms with Crippen LogP contribution in [0.15, 0.2) is 24.3 Å². The zero-order chi connectivity index (χ0) is 16.7. The van der Waals surface area contributed by atoms with Crippen molar-refractivity contribution < 1.29 is 19.7 Å². The van der Waals surface area contributed by atoms with E-state index in [-0.39, 0.29) is 17.3 Å². The Hall–Kier alpha value is -2.53. The summed E-state index contributed by atoms with van der Waals surface area (Å²) in [7, 11) is 5.40. The molecule has 5 heteroatoms. The summed E-state index contributed by atoms with van der Waals surface area (Å²) in [6.45, 7) is 0.747. The second-order valence-electron chi connectivity index (χ2n) is 5.92. The zero-order valence-electron chi connectivity index (χ0n) is 13.4. The van der Waals surface area contributed by atoms with Crippen LogP contribution in [0.4, 0.5) is 0 Å². The number of carbonyl (C=O) groups is 1. The molecule has 0 unspecified atom stereocenters. The molecule has 0 atom stereocenters. The fraction of sp³-hybridized carbons (Fsp3) is 0.278. The lowest BCUT2D eigenvalue weighted by atomic mass is 9.97. The Balaban J connectivity index is 2.25. The highest BCUT2D eigenvalue weighted by Crippen LogP contribution is 2.51. The molecule has 0 heterocycles. The molecule has 0 fully saturated rings. The van der Waals surface area contributed by atoms with Crippen molar-refractivity contribution in [2.24, 2.45) is 0 Å². The zero-order valence-corrected chi connectivity index (χ0v) is 13.4. The van der Waals surface area contributed by atoms with Gasteiger partial charge in [-0.05, 0) is 38.2 Å². The number of aromatic hydroxyl groups is 2. The molecule has 1 aliphatic carbocycles. The number of rotatable bonds is 4. The van der Waals surface area contributed by atoms with Crippen LogP contribution in [-0.2, 0) is 6.42 Å². The molecule has 1 aliphatic rings. The van der Waals surface area contributed by atoms with Crippen LogP contribution >= 0.6 is 0 Å². The van der Waals surface area contributed by atoms with Crippen LogP contribution < -0.4 is 4.74 Å². The van der Waals surface area contributed by atoms with Gasteiger partial charge in [-0.15, -0.1) is 0 Å². The standard InChI is InChI=1S/C18H19NO4/c1-19(2)8-7-10-9-13(23-3)15-16(17(10)21)14-11(18(15)22)5-4-6-12(14)20/h4-6,9,20-21H,7-8H2,1-3H3. The van der Waals surface area contributed by atoms with E-state index in [0.717, 1.165) is 6.54 Å². The first kappa shape index (κ1) is 15.4. The molecule has 0 bridgehead atoms. The summed E-state index contributed by atoms with van der Waals surface area (Å²) in [6, 6.07) is 6.49. The average molecular weight is 313 g/mol. The normalized spacial score (nSPS) is 12.4. The Morgan fingerprint density at radius 2 is 1.87 bits per heavy atom. The number of hydrogen-bond donors (Lipinski definition) is 2. The van der Waals surface area contributed by atoms with Gasteiger partial charge in [-0.25, -0.2) is 0 Å². The van der Waals surface area contributed by atoms with Crippen molar-refractivity contribution in [2.75, 3.05) is 27.7 Å². The van der Waals surface area contributed by atoms with Crippen molar-refractivity contribution in [2.45, 2.75) is 6.42 Å². The third-order valence-corrected chi connectivity index (χ3v) is 4.16. The number of methoxy groups -OCH3 is 1. The van der Waals surface area contributed by atoms with Crippen molar-refractivity contribution in [3.05, 3.63) is 41.0 Å². The average Bonchev–Trinajstić information content (AvgIpc) is 2.82. The Morgan fingerprint density at radius 1 is 1.13 bits per heavy atom. The first-order valence-electron chi connectivity index (χ1n) is 7.40. The lowest BCUT2D eigenvalue weighted by molar-refractivity contribution is 0.104. The Bertz CT molecular complexity index is 796. The number of phenols is 2. The molecular formula is C18H19NO4. The van der Waals surface area contributed by atoms with Gasteiger partial charge in [0.1, 0.15) is 17.2 Å². The van der Waals surface area contributed by atoms with E-state index in [1.54, 1.807) is 18.2 Å². The van der Waals surface area contributed by atoms with Gasteiger partial charge in [0.25, 0.3) is 0 Å². The van der Waals surface area contributed by atoms with Gasteiger partial charge in [0.05, 0.1) is 12.7 Å². The van der Waals surface area contributed by atoms with Gasteiger partial charge in [-0.3, -0.25) is 4.79 Å². The summed E-state index contributed by atoms with van der Waals surface area (Å²) < 4.78 is 5.37. The molecule has 0 saturated carbocycles. The summed E-state index contributed by atoms with van der Waals surface area (Å²) in [5.74, 6) is 0.206. The molecule has 0 radical (unpaired) electrons. The monoisotopic (exact) mass is 313 g/mol. The smallest absolute Gasteiger partial charge is 0.198 e. The van der Waals surface area contributed by atoms with E-state index in [4.69, 9.17) is 4.74 Å². The van der Waals surface area contributed by atoms with E-state index in [2.05, 4.69) is 0 Å². The van der Waals surface area contributed by atoms with Gasteiger partial charge in [0, 0.05) is 23.2 Å². The van der Waals surface area contributed by atoms with Gasteiger partial charge in [0.2, 0.25) is 0 Å². The van der Waals surface area contributed by atoms with E-state index < -0.39 is 0 Å². The molecule has 120 valence electrons. The van der Waals surface area contributed by atoms with Crippen LogP contribution in [0.5, 0.6) is 17.2 Å². The predicted octanol–water partition coefficient (Wildman–Crippen LogP) is 2.42. The van der Waals surface area contributed by atoms with Crippen LogP contribution in [-0.4, -0.2) is 48.6 Å². The minimum atomic E-state index is -0.239. The Morgan fingerprint density at radius 3 is 2.52 bits per heavy atom. The van der Waals surface area contributed by atoms with E-state index in [1.165, 1.54) is 13.2 Å². The molecule has 23 heavy (non-hydrogen) atoms.